The zero-order chi connectivity index (χ0) is 36.2. The number of anilines is 1. The van der Waals surface area contributed by atoms with E-state index in [-0.39, 0.29) is 59.6 Å². The number of aryl methyl sites for hydroxylation is 1. The SMILES string of the molecule is CCOC1CN([C@H]2C[C@@H](CO[C@H]3CC[C@H](C(=O)O)CC3)N(C(=O)Cc3cc(Cl)c(NC(=O)c4cn(C)c5ccccc45)cc3Cl)C2)C[C@@H]1OCC. The van der Waals surface area contributed by atoms with Crippen molar-refractivity contribution in [3.05, 3.63) is 63.8 Å². The third-order valence-corrected chi connectivity index (χ3v) is 11.3. The van der Waals surface area contributed by atoms with Gasteiger partial charge in [0, 0.05) is 68.1 Å². The second-order valence-corrected chi connectivity index (χ2v) is 14.7. The summed E-state index contributed by atoms with van der Waals surface area (Å²) in [6.45, 7) is 7.54. The van der Waals surface area contributed by atoms with Crippen molar-refractivity contribution < 1.29 is 33.7 Å². The maximum Gasteiger partial charge on any atom is 0.306 e. The number of nitrogens with zero attached hydrogens (tertiary/aromatic N) is 3. The molecule has 276 valence electrons. The number of aliphatic carboxylic acids is 1. The molecule has 1 aliphatic carbocycles. The Morgan fingerprint density at radius 3 is 2.27 bits per heavy atom. The number of hydrogen-bond donors (Lipinski definition) is 2. The Bertz CT molecular complexity index is 1710. The summed E-state index contributed by atoms with van der Waals surface area (Å²) in [5.74, 6) is -1.46. The van der Waals surface area contributed by atoms with E-state index in [1.165, 1.54) is 0 Å². The van der Waals surface area contributed by atoms with Crippen LogP contribution in [-0.4, -0.2) is 107 Å². The zero-order valence-electron chi connectivity index (χ0n) is 29.5. The van der Waals surface area contributed by atoms with Crippen LogP contribution in [0.15, 0.2) is 42.6 Å². The smallest absolute Gasteiger partial charge is 0.306 e. The summed E-state index contributed by atoms with van der Waals surface area (Å²) in [5, 5.41) is 13.7. The number of carbonyl (C=O) groups is 3. The Balaban J connectivity index is 1.15. The molecule has 51 heavy (non-hydrogen) atoms. The van der Waals surface area contributed by atoms with Gasteiger partial charge in [-0.25, -0.2) is 0 Å². The van der Waals surface area contributed by atoms with Crippen LogP contribution in [0.1, 0.15) is 61.9 Å². The van der Waals surface area contributed by atoms with Gasteiger partial charge in [-0.1, -0.05) is 41.4 Å². The maximum absolute atomic E-state index is 14.1. The first-order valence-electron chi connectivity index (χ1n) is 18.0. The van der Waals surface area contributed by atoms with Crippen molar-refractivity contribution in [2.24, 2.45) is 13.0 Å². The minimum atomic E-state index is -0.746. The fraction of sp³-hybridized carbons (Fsp3) is 0.553. The number of likely N-dealkylation sites (tertiary alicyclic amines) is 2. The first-order valence-corrected chi connectivity index (χ1v) is 18.8. The van der Waals surface area contributed by atoms with Gasteiger partial charge in [0.2, 0.25) is 5.91 Å². The minimum Gasteiger partial charge on any atom is -0.481 e. The molecule has 2 aliphatic heterocycles. The lowest BCUT2D eigenvalue weighted by atomic mass is 9.87. The third kappa shape index (κ3) is 8.56. The number of nitrogens with one attached hydrogen (secondary N) is 1. The summed E-state index contributed by atoms with van der Waals surface area (Å²) < 4.78 is 20.3. The molecule has 2 saturated heterocycles. The fourth-order valence-corrected chi connectivity index (χ4v) is 8.42. The zero-order valence-corrected chi connectivity index (χ0v) is 31.0. The number of rotatable bonds is 13. The molecule has 6 rings (SSSR count). The van der Waals surface area contributed by atoms with E-state index in [2.05, 4.69) is 10.2 Å². The monoisotopic (exact) mass is 742 g/mol. The molecule has 1 unspecified atom stereocenters. The second kappa shape index (κ2) is 16.7. The number of aromatic nitrogens is 1. The Kier molecular flexibility index (Phi) is 12.3. The molecule has 1 aromatic heterocycles. The number of halogens is 2. The van der Waals surface area contributed by atoms with Crippen molar-refractivity contribution in [2.45, 2.75) is 82.8 Å². The molecule has 11 nitrogen and oxygen atoms in total. The standard InChI is InChI=1S/C38H48Cl2N4O7/c1-4-49-34-20-43(21-35(34)50-5-2)25-16-26(22-51-27-12-10-23(11-13-27)38(47)48)44(18-25)36(45)15-24-14-31(40)32(17-30(24)39)41-37(46)29-19-42(3)33-9-7-6-8-28(29)33/h6-9,14,17,19,23,25-27,34-35H,4-5,10-13,15-16,18,20-22H2,1-3H3,(H,41,46)(H,47,48)/t23-,25-,26-,27-,34-,35?/m0/s1. The number of ether oxygens (including phenoxy) is 3. The first-order chi connectivity index (χ1) is 24.6. The summed E-state index contributed by atoms with van der Waals surface area (Å²) in [6.07, 6.45) is 5.04. The lowest BCUT2D eigenvalue weighted by Gasteiger charge is -2.30. The highest BCUT2D eigenvalue weighted by molar-refractivity contribution is 6.36. The third-order valence-electron chi connectivity index (χ3n) is 10.6. The van der Waals surface area contributed by atoms with E-state index in [1.807, 2.05) is 54.6 Å². The molecule has 4 atom stereocenters. The van der Waals surface area contributed by atoms with Gasteiger partial charge in [0.05, 0.1) is 59.6 Å². The molecule has 0 radical (unpaired) electrons. The average molecular weight is 744 g/mol. The second-order valence-electron chi connectivity index (χ2n) is 13.9. The molecule has 3 heterocycles. The van der Waals surface area contributed by atoms with Gasteiger partial charge in [0.1, 0.15) is 0 Å². The topological polar surface area (TPSA) is 123 Å². The normalized spacial score (nSPS) is 25.5. The van der Waals surface area contributed by atoms with Gasteiger partial charge in [-0.05, 0) is 69.7 Å². The van der Waals surface area contributed by atoms with Crippen LogP contribution in [0, 0.1) is 5.92 Å². The van der Waals surface area contributed by atoms with Crippen molar-refractivity contribution in [3.63, 3.8) is 0 Å². The van der Waals surface area contributed by atoms with Gasteiger partial charge in [-0.2, -0.15) is 0 Å². The Hall–Kier alpha value is -3.19. The van der Waals surface area contributed by atoms with E-state index < -0.39 is 5.97 Å². The fourth-order valence-electron chi connectivity index (χ4n) is 7.96. The van der Waals surface area contributed by atoms with E-state index >= 15 is 0 Å². The van der Waals surface area contributed by atoms with Crippen molar-refractivity contribution >= 4 is 57.6 Å². The molecule has 2 aromatic carbocycles. The molecule has 13 heteroatoms. The highest BCUT2D eigenvalue weighted by atomic mass is 35.5. The van der Waals surface area contributed by atoms with Gasteiger partial charge in [-0.15, -0.1) is 0 Å². The largest absolute Gasteiger partial charge is 0.481 e. The lowest BCUT2D eigenvalue weighted by Crippen LogP contribution is -2.41. The van der Waals surface area contributed by atoms with Crippen molar-refractivity contribution in [1.82, 2.24) is 14.4 Å². The number of para-hydroxylation sites is 1. The number of amides is 2. The van der Waals surface area contributed by atoms with E-state index in [9.17, 15) is 19.5 Å². The van der Waals surface area contributed by atoms with Crippen molar-refractivity contribution in [2.75, 3.05) is 44.8 Å². The highest BCUT2D eigenvalue weighted by Crippen LogP contribution is 2.34. The number of hydrogen-bond acceptors (Lipinski definition) is 7. The molecule has 0 spiro atoms. The van der Waals surface area contributed by atoms with Crippen LogP contribution in [-0.2, 0) is 37.3 Å². The summed E-state index contributed by atoms with van der Waals surface area (Å²) in [7, 11) is 1.89. The van der Waals surface area contributed by atoms with E-state index in [0.29, 0.717) is 73.9 Å². The number of carboxylic acids is 1. The molecular weight excluding hydrogens is 695 g/mol. The van der Waals surface area contributed by atoms with Crippen LogP contribution < -0.4 is 5.32 Å². The van der Waals surface area contributed by atoms with Crippen LogP contribution >= 0.6 is 23.2 Å². The van der Waals surface area contributed by atoms with Crippen molar-refractivity contribution in [3.8, 4) is 0 Å². The Morgan fingerprint density at radius 2 is 1.61 bits per heavy atom. The predicted octanol–water partition coefficient (Wildman–Crippen LogP) is 6.04. The van der Waals surface area contributed by atoms with Gasteiger partial charge in [0.25, 0.3) is 5.91 Å². The van der Waals surface area contributed by atoms with Gasteiger partial charge in [0.15, 0.2) is 0 Å². The van der Waals surface area contributed by atoms with Crippen LogP contribution in [0.3, 0.4) is 0 Å². The molecule has 3 fully saturated rings. The van der Waals surface area contributed by atoms with Gasteiger partial charge < -0.3 is 34.1 Å². The van der Waals surface area contributed by atoms with Crippen LogP contribution in [0.2, 0.25) is 10.0 Å². The lowest BCUT2D eigenvalue weighted by molar-refractivity contribution is -0.144. The Labute approximate surface area is 309 Å². The average Bonchev–Trinajstić information content (AvgIpc) is 3.82. The summed E-state index contributed by atoms with van der Waals surface area (Å²) in [5.41, 5.74) is 2.39. The molecule has 3 aromatic rings. The van der Waals surface area contributed by atoms with Crippen molar-refractivity contribution in [1.29, 1.82) is 0 Å². The van der Waals surface area contributed by atoms with E-state index in [0.717, 1.165) is 30.4 Å². The molecule has 0 bridgehead atoms. The number of carbonyl (C=O) groups excluding carboxylic acids is 2. The Morgan fingerprint density at radius 1 is 0.922 bits per heavy atom. The van der Waals surface area contributed by atoms with E-state index in [4.69, 9.17) is 37.4 Å². The molecular formula is C38H48Cl2N4O7. The highest BCUT2D eigenvalue weighted by Gasteiger charge is 2.44. The number of fused-ring (bicyclic) bond motifs is 1. The predicted molar refractivity (Wildman–Crippen MR) is 197 cm³/mol. The number of carboxylic acid groups (broad SMARTS) is 1. The quantitative estimate of drug-likeness (QED) is 0.218. The minimum absolute atomic E-state index is 0.0283. The number of benzene rings is 2. The summed E-state index contributed by atoms with van der Waals surface area (Å²) in [4.78, 5) is 43.1. The van der Waals surface area contributed by atoms with Gasteiger partial charge >= 0.3 is 5.97 Å². The molecule has 3 aliphatic rings. The van der Waals surface area contributed by atoms with Crippen LogP contribution in [0.5, 0.6) is 0 Å². The first kappa shape index (κ1) is 37.6. The van der Waals surface area contributed by atoms with E-state index in [1.54, 1.807) is 18.3 Å². The van der Waals surface area contributed by atoms with Crippen LogP contribution in [0.4, 0.5) is 5.69 Å². The summed E-state index contributed by atoms with van der Waals surface area (Å²) >= 11 is 13.4. The van der Waals surface area contributed by atoms with Crippen LogP contribution in [0.25, 0.3) is 10.9 Å². The molecule has 2 amide bonds. The molecule has 1 saturated carbocycles. The maximum atomic E-state index is 14.1. The molecule has 2 N–H and O–H groups in total. The summed E-state index contributed by atoms with van der Waals surface area (Å²) in [6, 6.07) is 10.9. The van der Waals surface area contributed by atoms with Gasteiger partial charge in [-0.3, -0.25) is 19.3 Å².